The number of nitrogens with zero attached hydrogens (tertiary/aromatic N) is 1. The van der Waals surface area contributed by atoms with Crippen LogP contribution in [0.1, 0.15) is 40.5 Å². The summed E-state index contributed by atoms with van der Waals surface area (Å²) in [4.78, 5) is 2.47. The van der Waals surface area contributed by atoms with E-state index in [-0.39, 0.29) is 0 Å². The average molecular weight is 292 g/mol. The van der Waals surface area contributed by atoms with E-state index >= 15 is 0 Å². The highest BCUT2D eigenvalue weighted by molar-refractivity contribution is 7.80. The molecule has 0 aliphatic rings. The standard InChI is InChI=1S/C15H33NO2S/c1-5-15(6-2,14-19)13-16(9-11-17-7-3)10-12-18-8-4/h19H,5-14H2,1-4H3. The topological polar surface area (TPSA) is 21.7 Å². The van der Waals surface area contributed by atoms with Crippen LogP contribution < -0.4 is 0 Å². The summed E-state index contributed by atoms with van der Waals surface area (Å²) in [5, 5.41) is 0. The van der Waals surface area contributed by atoms with Crippen LogP contribution in [0.15, 0.2) is 0 Å². The Morgan fingerprint density at radius 1 is 0.895 bits per heavy atom. The van der Waals surface area contributed by atoms with Gasteiger partial charge >= 0.3 is 0 Å². The number of ether oxygens (including phenoxy) is 2. The van der Waals surface area contributed by atoms with E-state index in [4.69, 9.17) is 9.47 Å². The van der Waals surface area contributed by atoms with Gasteiger partial charge in [-0.3, -0.25) is 4.90 Å². The van der Waals surface area contributed by atoms with Gasteiger partial charge in [-0.25, -0.2) is 0 Å². The van der Waals surface area contributed by atoms with E-state index in [1.165, 1.54) is 12.8 Å². The van der Waals surface area contributed by atoms with Gasteiger partial charge in [-0.15, -0.1) is 0 Å². The maximum atomic E-state index is 5.48. The monoisotopic (exact) mass is 291 g/mol. The van der Waals surface area contributed by atoms with Crippen molar-refractivity contribution in [3.05, 3.63) is 0 Å². The highest BCUT2D eigenvalue weighted by Gasteiger charge is 2.27. The largest absolute Gasteiger partial charge is 0.380 e. The molecule has 0 fully saturated rings. The third-order valence-corrected chi connectivity index (χ3v) is 4.58. The van der Waals surface area contributed by atoms with Crippen molar-refractivity contribution in [1.82, 2.24) is 4.90 Å². The van der Waals surface area contributed by atoms with Crippen LogP contribution in [0.5, 0.6) is 0 Å². The molecule has 0 aliphatic heterocycles. The molecule has 19 heavy (non-hydrogen) atoms. The molecule has 0 N–H and O–H groups in total. The zero-order valence-corrected chi connectivity index (χ0v) is 14.2. The maximum absolute atomic E-state index is 5.48. The summed E-state index contributed by atoms with van der Waals surface area (Å²) < 4.78 is 11.0. The molecular formula is C15H33NO2S. The molecule has 0 spiro atoms. The minimum absolute atomic E-state index is 0.321. The lowest BCUT2D eigenvalue weighted by Crippen LogP contribution is -2.41. The Kier molecular flexibility index (Phi) is 12.2. The van der Waals surface area contributed by atoms with Gasteiger partial charge in [0.05, 0.1) is 13.2 Å². The molecule has 0 bridgehead atoms. The van der Waals surface area contributed by atoms with Crippen molar-refractivity contribution in [2.75, 3.05) is 51.8 Å². The van der Waals surface area contributed by atoms with Crippen molar-refractivity contribution in [1.29, 1.82) is 0 Å². The Morgan fingerprint density at radius 3 is 1.68 bits per heavy atom. The first-order valence-electron chi connectivity index (χ1n) is 7.66. The summed E-state index contributed by atoms with van der Waals surface area (Å²) in [5.74, 6) is 0.944. The van der Waals surface area contributed by atoms with Crippen molar-refractivity contribution in [2.24, 2.45) is 5.41 Å². The minimum atomic E-state index is 0.321. The number of hydrogen-bond acceptors (Lipinski definition) is 4. The van der Waals surface area contributed by atoms with Gasteiger partial charge in [0.1, 0.15) is 0 Å². The Morgan fingerprint density at radius 2 is 1.37 bits per heavy atom. The van der Waals surface area contributed by atoms with Crippen molar-refractivity contribution in [3.8, 4) is 0 Å². The fourth-order valence-corrected chi connectivity index (χ4v) is 2.71. The van der Waals surface area contributed by atoms with Crippen molar-refractivity contribution < 1.29 is 9.47 Å². The van der Waals surface area contributed by atoms with Gasteiger partial charge in [0.25, 0.3) is 0 Å². The second-order valence-corrected chi connectivity index (χ2v) is 5.35. The van der Waals surface area contributed by atoms with Crippen LogP contribution in [0, 0.1) is 5.41 Å². The van der Waals surface area contributed by atoms with Gasteiger partial charge in [0.2, 0.25) is 0 Å². The van der Waals surface area contributed by atoms with Crippen LogP contribution in [0.4, 0.5) is 0 Å². The van der Waals surface area contributed by atoms with Crippen LogP contribution in [0.3, 0.4) is 0 Å². The molecule has 3 nitrogen and oxygen atoms in total. The van der Waals surface area contributed by atoms with Crippen molar-refractivity contribution >= 4 is 12.6 Å². The molecule has 0 atom stereocenters. The van der Waals surface area contributed by atoms with Crippen LogP contribution in [-0.4, -0.2) is 56.7 Å². The third-order valence-electron chi connectivity index (χ3n) is 3.91. The quantitative estimate of drug-likeness (QED) is 0.416. The Balaban J connectivity index is 4.35. The highest BCUT2D eigenvalue weighted by atomic mass is 32.1. The SMILES string of the molecule is CCOCCN(CCOCC)CC(CC)(CC)CS. The Hall–Kier alpha value is 0.230. The van der Waals surface area contributed by atoms with Crippen LogP contribution in [0.25, 0.3) is 0 Å². The summed E-state index contributed by atoms with van der Waals surface area (Å²) in [6, 6.07) is 0. The molecule has 0 aromatic heterocycles. The maximum Gasteiger partial charge on any atom is 0.0593 e. The smallest absolute Gasteiger partial charge is 0.0593 e. The lowest BCUT2D eigenvalue weighted by molar-refractivity contribution is 0.0610. The molecule has 0 saturated carbocycles. The molecule has 0 aromatic rings. The normalized spacial score (nSPS) is 12.3. The summed E-state index contributed by atoms with van der Waals surface area (Å²) in [5.41, 5.74) is 0.321. The van der Waals surface area contributed by atoms with Crippen molar-refractivity contribution in [2.45, 2.75) is 40.5 Å². The molecule has 0 aromatic carbocycles. The molecular weight excluding hydrogens is 258 g/mol. The highest BCUT2D eigenvalue weighted by Crippen LogP contribution is 2.28. The van der Waals surface area contributed by atoms with E-state index in [2.05, 4.69) is 31.4 Å². The fraction of sp³-hybridized carbons (Fsp3) is 1.00. The van der Waals surface area contributed by atoms with E-state index in [1.807, 2.05) is 13.8 Å². The van der Waals surface area contributed by atoms with Gasteiger partial charge in [0, 0.05) is 32.8 Å². The summed E-state index contributed by atoms with van der Waals surface area (Å²) in [6.45, 7) is 14.9. The summed E-state index contributed by atoms with van der Waals surface area (Å²) >= 11 is 4.57. The average Bonchev–Trinajstić information content (AvgIpc) is 2.45. The lowest BCUT2D eigenvalue weighted by Gasteiger charge is -2.36. The molecule has 0 unspecified atom stereocenters. The van der Waals surface area contributed by atoms with Gasteiger partial charge in [-0.05, 0) is 37.9 Å². The van der Waals surface area contributed by atoms with Gasteiger partial charge in [0.15, 0.2) is 0 Å². The predicted octanol–water partition coefficient (Wildman–Crippen LogP) is 3.10. The van der Waals surface area contributed by atoms with E-state index < -0.39 is 0 Å². The summed E-state index contributed by atoms with van der Waals surface area (Å²) in [6.07, 6.45) is 2.35. The van der Waals surface area contributed by atoms with Gasteiger partial charge < -0.3 is 9.47 Å². The predicted molar refractivity (Wildman–Crippen MR) is 86.3 cm³/mol. The molecule has 0 saturated heterocycles. The molecule has 116 valence electrons. The number of thiol groups is 1. The van der Waals surface area contributed by atoms with Crippen molar-refractivity contribution in [3.63, 3.8) is 0 Å². The molecule has 0 amide bonds. The van der Waals surface area contributed by atoms with E-state index in [0.29, 0.717) is 5.41 Å². The lowest BCUT2D eigenvalue weighted by atomic mass is 9.84. The van der Waals surface area contributed by atoms with Crippen LogP contribution in [-0.2, 0) is 9.47 Å². The fourth-order valence-electron chi connectivity index (χ4n) is 2.17. The van der Waals surface area contributed by atoms with E-state index in [9.17, 15) is 0 Å². The molecule has 0 aliphatic carbocycles. The zero-order chi connectivity index (χ0) is 14.6. The summed E-state index contributed by atoms with van der Waals surface area (Å²) in [7, 11) is 0. The van der Waals surface area contributed by atoms with E-state index in [0.717, 1.165) is 51.8 Å². The second kappa shape index (κ2) is 12.0. The Labute approximate surface area is 125 Å². The first-order chi connectivity index (χ1) is 9.17. The van der Waals surface area contributed by atoms with Crippen LogP contribution in [0.2, 0.25) is 0 Å². The van der Waals surface area contributed by atoms with E-state index in [1.54, 1.807) is 0 Å². The molecule has 0 rings (SSSR count). The third kappa shape index (κ3) is 8.18. The number of hydrogen-bond donors (Lipinski definition) is 1. The zero-order valence-electron chi connectivity index (χ0n) is 13.3. The molecule has 4 heteroatoms. The number of rotatable bonds is 13. The van der Waals surface area contributed by atoms with Crippen LogP contribution >= 0.6 is 12.6 Å². The Bertz CT molecular complexity index is 180. The second-order valence-electron chi connectivity index (χ2n) is 5.04. The first-order valence-corrected chi connectivity index (χ1v) is 8.29. The first kappa shape index (κ1) is 19.2. The minimum Gasteiger partial charge on any atom is -0.380 e. The van der Waals surface area contributed by atoms with Gasteiger partial charge in [-0.1, -0.05) is 13.8 Å². The van der Waals surface area contributed by atoms with Gasteiger partial charge in [-0.2, -0.15) is 12.6 Å². The molecule has 0 radical (unpaired) electrons. The molecule has 0 heterocycles.